The third kappa shape index (κ3) is 2.57. The van der Waals surface area contributed by atoms with Crippen LogP contribution >= 0.6 is 0 Å². The highest BCUT2D eigenvalue weighted by atomic mass is 19.1. The van der Waals surface area contributed by atoms with E-state index in [1.54, 1.807) is 24.3 Å². The molecule has 5 rings (SSSR count). The van der Waals surface area contributed by atoms with E-state index in [0.717, 1.165) is 24.8 Å². The van der Waals surface area contributed by atoms with Gasteiger partial charge in [0, 0.05) is 11.6 Å². The number of fused-ring (bicyclic) bond motifs is 2. The van der Waals surface area contributed by atoms with E-state index in [1.807, 2.05) is 0 Å². The van der Waals surface area contributed by atoms with Gasteiger partial charge in [-0.2, -0.15) is 0 Å². The van der Waals surface area contributed by atoms with Crippen LogP contribution in [0.3, 0.4) is 0 Å². The fourth-order valence-corrected chi connectivity index (χ4v) is 4.08. The van der Waals surface area contributed by atoms with Gasteiger partial charge in [0.2, 0.25) is 0 Å². The number of anilines is 1. The number of ether oxygens (including phenoxy) is 2. The van der Waals surface area contributed by atoms with Gasteiger partial charge in [-0.25, -0.2) is 4.39 Å². The molecule has 1 saturated carbocycles. The molecule has 0 spiro atoms. The van der Waals surface area contributed by atoms with Crippen LogP contribution in [0.15, 0.2) is 36.4 Å². The number of hydrogen-bond acceptors (Lipinski definition) is 5. The predicted molar refractivity (Wildman–Crippen MR) is 99.2 cm³/mol. The lowest BCUT2D eigenvalue weighted by atomic mass is 9.72. The van der Waals surface area contributed by atoms with Crippen LogP contribution in [-0.2, 0) is 10.3 Å². The molecule has 7 heteroatoms. The van der Waals surface area contributed by atoms with Gasteiger partial charge in [-0.3, -0.25) is 19.8 Å². The number of hydrogen-bond donors (Lipinski definition) is 1. The fraction of sp³-hybridized carbons (Fsp3) is 0.333. The number of nitrogens with one attached hydrogen (secondary N) is 1. The molecule has 2 aromatic rings. The Morgan fingerprint density at radius 2 is 1.71 bits per heavy atom. The Labute approximate surface area is 161 Å². The predicted octanol–water partition coefficient (Wildman–Crippen LogP) is 2.75. The Balaban J connectivity index is 1.42. The summed E-state index contributed by atoms with van der Waals surface area (Å²) in [5.41, 5.74) is 1.54. The molecule has 144 valence electrons. The minimum atomic E-state index is -0.571. The third-order valence-corrected chi connectivity index (χ3v) is 5.81. The van der Waals surface area contributed by atoms with Crippen molar-refractivity contribution in [2.24, 2.45) is 0 Å². The molecule has 2 aromatic carbocycles. The van der Waals surface area contributed by atoms with Gasteiger partial charge in [0.25, 0.3) is 5.78 Å². The van der Waals surface area contributed by atoms with Crippen LogP contribution < -0.4 is 19.7 Å². The van der Waals surface area contributed by atoms with Gasteiger partial charge in [0.15, 0.2) is 11.5 Å². The summed E-state index contributed by atoms with van der Waals surface area (Å²) >= 11 is 0. The lowest BCUT2D eigenvalue weighted by Gasteiger charge is -2.44. The average molecular weight is 382 g/mol. The van der Waals surface area contributed by atoms with Crippen molar-refractivity contribution in [1.82, 2.24) is 5.32 Å². The van der Waals surface area contributed by atoms with E-state index in [1.165, 1.54) is 17.0 Å². The minimum Gasteiger partial charge on any atom is -0.486 e. The summed E-state index contributed by atoms with van der Waals surface area (Å²) in [6.07, 6.45) is 2.83. The fourth-order valence-electron chi connectivity index (χ4n) is 4.08. The maximum Gasteiger partial charge on any atom is 0.300 e. The van der Waals surface area contributed by atoms with E-state index in [0.29, 0.717) is 36.0 Å². The van der Waals surface area contributed by atoms with E-state index in [9.17, 15) is 14.0 Å². The van der Waals surface area contributed by atoms with Gasteiger partial charge in [0.05, 0.1) is 17.9 Å². The smallest absolute Gasteiger partial charge is 0.300 e. The van der Waals surface area contributed by atoms with Crippen LogP contribution in [-0.4, -0.2) is 31.6 Å². The van der Waals surface area contributed by atoms with Gasteiger partial charge in [-0.15, -0.1) is 0 Å². The molecule has 3 aliphatic rings. The molecule has 0 unspecified atom stereocenters. The summed E-state index contributed by atoms with van der Waals surface area (Å²) < 4.78 is 24.4. The average Bonchev–Trinajstić information content (AvgIpc) is 2.91. The molecule has 0 atom stereocenters. The zero-order chi connectivity index (χ0) is 19.3. The molecule has 6 nitrogen and oxygen atoms in total. The molecule has 0 saturated heterocycles. The molecule has 28 heavy (non-hydrogen) atoms. The first-order valence-corrected chi connectivity index (χ1v) is 9.38. The second kappa shape index (κ2) is 6.31. The highest BCUT2D eigenvalue weighted by molar-refractivity contribution is 6.52. The van der Waals surface area contributed by atoms with Crippen LogP contribution in [0.4, 0.5) is 10.1 Å². The van der Waals surface area contributed by atoms with Crippen molar-refractivity contribution in [1.29, 1.82) is 0 Å². The third-order valence-electron chi connectivity index (χ3n) is 5.81. The largest absolute Gasteiger partial charge is 0.486 e. The molecular formula is C21H19FN2O4. The monoisotopic (exact) mass is 382 g/mol. The van der Waals surface area contributed by atoms with Gasteiger partial charge >= 0.3 is 5.91 Å². The zero-order valence-electron chi connectivity index (χ0n) is 15.2. The first-order chi connectivity index (χ1) is 13.6. The van der Waals surface area contributed by atoms with Crippen LogP contribution in [0.2, 0.25) is 0 Å². The first kappa shape index (κ1) is 17.2. The molecule has 1 amide bonds. The SMILES string of the molecule is O=C1C(=O)N(CNC2(c3ccc(F)cc3)CCC2)c2cc3c(cc21)OCCO3. The summed E-state index contributed by atoms with van der Waals surface area (Å²) in [5, 5.41) is 3.44. The standard InChI is InChI=1S/C21H19FN2O4/c22-14-4-2-13(3-5-14)21(6-1-7-21)23-12-24-16-11-18-17(27-8-9-28-18)10-15(16)19(25)20(24)26/h2-5,10-11,23H,1,6-9,12H2. The van der Waals surface area contributed by atoms with Crippen molar-refractivity contribution in [2.45, 2.75) is 24.8 Å². The van der Waals surface area contributed by atoms with Crippen molar-refractivity contribution >= 4 is 17.4 Å². The summed E-state index contributed by atoms with van der Waals surface area (Å²) in [6, 6.07) is 9.71. The number of carbonyl (C=O) groups is 2. The number of ketones is 1. The molecule has 1 fully saturated rings. The molecule has 0 aromatic heterocycles. The van der Waals surface area contributed by atoms with Crippen LogP contribution in [0.25, 0.3) is 0 Å². The molecule has 1 N–H and O–H groups in total. The second-order valence-electron chi connectivity index (χ2n) is 7.35. The Kier molecular flexibility index (Phi) is 3.87. The van der Waals surface area contributed by atoms with Gasteiger partial charge in [0.1, 0.15) is 19.0 Å². The Morgan fingerprint density at radius 1 is 1.04 bits per heavy atom. The quantitative estimate of drug-likeness (QED) is 0.824. The number of rotatable bonds is 4. The van der Waals surface area contributed by atoms with Crippen molar-refractivity contribution < 1.29 is 23.5 Å². The van der Waals surface area contributed by atoms with E-state index in [4.69, 9.17) is 9.47 Å². The number of Topliss-reactive ketones (excluding diaryl/α,β-unsaturated/α-hetero) is 1. The van der Waals surface area contributed by atoms with Gasteiger partial charge in [-0.1, -0.05) is 12.1 Å². The maximum atomic E-state index is 13.3. The minimum absolute atomic E-state index is 0.189. The molecule has 0 bridgehead atoms. The highest BCUT2D eigenvalue weighted by Crippen LogP contribution is 2.43. The number of halogens is 1. The van der Waals surface area contributed by atoms with Crippen molar-refractivity contribution in [3.8, 4) is 11.5 Å². The summed E-state index contributed by atoms with van der Waals surface area (Å²) in [7, 11) is 0. The van der Waals surface area contributed by atoms with E-state index in [2.05, 4.69) is 5.32 Å². The lowest BCUT2D eigenvalue weighted by molar-refractivity contribution is -0.114. The topological polar surface area (TPSA) is 67.9 Å². The van der Waals surface area contributed by atoms with Gasteiger partial charge < -0.3 is 9.47 Å². The van der Waals surface area contributed by atoms with Gasteiger partial charge in [-0.05, 0) is 43.0 Å². The van der Waals surface area contributed by atoms with E-state index < -0.39 is 11.7 Å². The molecule has 2 heterocycles. The maximum absolute atomic E-state index is 13.3. The number of benzene rings is 2. The van der Waals surface area contributed by atoms with Crippen LogP contribution in [0.1, 0.15) is 35.2 Å². The summed E-state index contributed by atoms with van der Waals surface area (Å²) in [4.78, 5) is 26.5. The van der Waals surface area contributed by atoms with Crippen LogP contribution in [0, 0.1) is 5.82 Å². The molecule has 1 aliphatic carbocycles. The van der Waals surface area contributed by atoms with Crippen molar-refractivity contribution in [3.63, 3.8) is 0 Å². The Bertz CT molecular complexity index is 969. The first-order valence-electron chi connectivity index (χ1n) is 9.38. The second-order valence-corrected chi connectivity index (χ2v) is 7.35. The van der Waals surface area contributed by atoms with Crippen molar-refractivity contribution in [3.05, 3.63) is 53.3 Å². The lowest BCUT2D eigenvalue weighted by Crippen LogP contribution is -2.53. The molecule has 0 radical (unpaired) electrons. The number of nitrogens with zero attached hydrogens (tertiary/aromatic N) is 1. The normalized spacial score (nSPS) is 19.4. The number of amides is 1. The summed E-state index contributed by atoms with van der Waals surface area (Å²) in [6.45, 7) is 1.04. The van der Waals surface area contributed by atoms with Crippen LogP contribution in [0.5, 0.6) is 11.5 Å². The Morgan fingerprint density at radius 3 is 2.36 bits per heavy atom. The number of carbonyl (C=O) groups excluding carboxylic acids is 2. The Hall–Kier alpha value is -2.93. The highest BCUT2D eigenvalue weighted by Gasteiger charge is 2.42. The molecular weight excluding hydrogens is 363 g/mol. The molecule has 2 aliphatic heterocycles. The zero-order valence-corrected chi connectivity index (χ0v) is 15.2. The van der Waals surface area contributed by atoms with Crippen molar-refractivity contribution in [2.75, 3.05) is 24.8 Å². The van der Waals surface area contributed by atoms with E-state index >= 15 is 0 Å². The van der Waals surface area contributed by atoms with E-state index in [-0.39, 0.29) is 18.0 Å². The summed E-state index contributed by atoms with van der Waals surface area (Å²) in [5.74, 6) is -0.367.